The first kappa shape index (κ1) is 13.9. The van der Waals surface area contributed by atoms with Crippen molar-refractivity contribution in [3.05, 3.63) is 42.2 Å². The number of hydrogen-bond donors (Lipinski definition) is 0. The van der Waals surface area contributed by atoms with Crippen molar-refractivity contribution in [3.8, 4) is 0 Å². The maximum atomic E-state index is 4.50. The van der Waals surface area contributed by atoms with Crippen molar-refractivity contribution < 1.29 is 0 Å². The Balaban J connectivity index is 1.96. The number of nitrogens with zero attached hydrogens (tertiary/aromatic N) is 4. The second-order valence-electron chi connectivity index (χ2n) is 5.29. The first-order valence-corrected chi connectivity index (χ1v) is 7.76. The molecule has 0 saturated heterocycles. The number of aryl methyl sites for hydroxylation is 1. The van der Waals surface area contributed by atoms with Crippen LogP contribution in [0.2, 0.25) is 0 Å². The van der Waals surface area contributed by atoms with Gasteiger partial charge in [-0.3, -0.25) is 0 Å². The molecule has 3 rings (SSSR count). The predicted octanol–water partition coefficient (Wildman–Crippen LogP) is 3.41. The fraction of sp³-hybridized carbons (Fsp3) is 0.412. The van der Waals surface area contributed by atoms with Crippen molar-refractivity contribution in [2.45, 2.75) is 26.7 Å². The molecular formula is C17H22N4. The fourth-order valence-corrected chi connectivity index (χ4v) is 2.98. The summed E-state index contributed by atoms with van der Waals surface area (Å²) < 4.78 is 0. The highest BCUT2D eigenvalue weighted by atomic mass is 15.2. The van der Waals surface area contributed by atoms with Gasteiger partial charge in [0, 0.05) is 31.4 Å². The summed E-state index contributed by atoms with van der Waals surface area (Å²) in [5.74, 6) is 2.01. The van der Waals surface area contributed by atoms with Crippen molar-refractivity contribution in [3.63, 3.8) is 0 Å². The molecule has 1 aliphatic rings. The molecule has 1 aliphatic heterocycles. The maximum Gasteiger partial charge on any atom is 0.138 e. The second kappa shape index (κ2) is 6.12. The van der Waals surface area contributed by atoms with Gasteiger partial charge in [0.1, 0.15) is 18.0 Å². The van der Waals surface area contributed by atoms with Crippen LogP contribution in [0.1, 0.15) is 25.8 Å². The third kappa shape index (κ3) is 2.71. The average molecular weight is 282 g/mol. The normalized spacial score (nSPS) is 13.9. The third-order valence-electron chi connectivity index (χ3n) is 4.11. The molecule has 0 saturated carbocycles. The minimum absolute atomic E-state index is 0.962. The SMILES string of the molecule is CCN(CC)c1cc(N2CCCc3ccccc32)ncn1. The smallest absolute Gasteiger partial charge is 0.138 e. The van der Waals surface area contributed by atoms with Gasteiger partial charge in [0.2, 0.25) is 0 Å². The van der Waals surface area contributed by atoms with Gasteiger partial charge in [-0.1, -0.05) is 18.2 Å². The lowest BCUT2D eigenvalue weighted by Gasteiger charge is -2.31. The summed E-state index contributed by atoms with van der Waals surface area (Å²) in [6.45, 7) is 7.25. The van der Waals surface area contributed by atoms with E-state index in [1.807, 2.05) is 0 Å². The summed E-state index contributed by atoms with van der Waals surface area (Å²) in [6, 6.07) is 10.7. The van der Waals surface area contributed by atoms with Gasteiger partial charge in [-0.05, 0) is 38.3 Å². The number of anilines is 3. The second-order valence-corrected chi connectivity index (χ2v) is 5.29. The Hall–Kier alpha value is -2.10. The fourth-order valence-electron chi connectivity index (χ4n) is 2.98. The Labute approximate surface area is 126 Å². The van der Waals surface area contributed by atoms with Crippen LogP contribution in [-0.2, 0) is 6.42 Å². The van der Waals surface area contributed by atoms with E-state index in [-0.39, 0.29) is 0 Å². The van der Waals surface area contributed by atoms with Crippen LogP contribution < -0.4 is 9.80 Å². The molecule has 2 heterocycles. The zero-order valence-corrected chi connectivity index (χ0v) is 12.8. The molecule has 0 atom stereocenters. The summed E-state index contributed by atoms with van der Waals surface area (Å²) in [5.41, 5.74) is 2.69. The maximum absolute atomic E-state index is 4.50. The van der Waals surface area contributed by atoms with Crippen LogP contribution in [0.15, 0.2) is 36.7 Å². The molecule has 0 aliphatic carbocycles. The number of rotatable bonds is 4. The lowest BCUT2D eigenvalue weighted by molar-refractivity contribution is 0.756. The summed E-state index contributed by atoms with van der Waals surface area (Å²) in [4.78, 5) is 13.5. The summed E-state index contributed by atoms with van der Waals surface area (Å²) in [6.07, 6.45) is 4.00. The van der Waals surface area contributed by atoms with Gasteiger partial charge in [0.05, 0.1) is 0 Å². The van der Waals surface area contributed by atoms with Crippen molar-refractivity contribution in [1.29, 1.82) is 0 Å². The molecule has 4 nitrogen and oxygen atoms in total. The van der Waals surface area contributed by atoms with Crippen LogP contribution in [-0.4, -0.2) is 29.6 Å². The van der Waals surface area contributed by atoms with Gasteiger partial charge in [-0.25, -0.2) is 9.97 Å². The van der Waals surface area contributed by atoms with Crippen LogP contribution in [0.3, 0.4) is 0 Å². The van der Waals surface area contributed by atoms with Gasteiger partial charge in [-0.2, -0.15) is 0 Å². The molecule has 110 valence electrons. The van der Waals surface area contributed by atoms with E-state index >= 15 is 0 Å². The highest BCUT2D eigenvalue weighted by Crippen LogP contribution is 2.32. The van der Waals surface area contributed by atoms with Gasteiger partial charge in [0.25, 0.3) is 0 Å². The Morgan fingerprint density at radius 2 is 1.95 bits per heavy atom. The zero-order valence-electron chi connectivity index (χ0n) is 12.8. The van der Waals surface area contributed by atoms with E-state index in [0.29, 0.717) is 0 Å². The van der Waals surface area contributed by atoms with Gasteiger partial charge in [-0.15, -0.1) is 0 Å². The number of benzene rings is 1. The molecule has 0 N–H and O–H groups in total. The molecule has 21 heavy (non-hydrogen) atoms. The van der Waals surface area contributed by atoms with E-state index in [1.54, 1.807) is 6.33 Å². The zero-order chi connectivity index (χ0) is 14.7. The Morgan fingerprint density at radius 3 is 2.76 bits per heavy atom. The highest BCUT2D eigenvalue weighted by Gasteiger charge is 2.19. The Bertz CT molecular complexity index is 607. The largest absolute Gasteiger partial charge is 0.357 e. The van der Waals surface area contributed by atoms with Crippen molar-refractivity contribution in [2.24, 2.45) is 0 Å². The first-order valence-electron chi connectivity index (χ1n) is 7.76. The number of para-hydroxylation sites is 1. The minimum Gasteiger partial charge on any atom is -0.357 e. The highest BCUT2D eigenvalue weighted by molar-refractivity contribution is 5.67. The molecule has 0 amide bonds. The van der Waals surface area contributed by atoms with E-state index in [9.17, 15) is 0 Å². The molecule has 0 radical (unpaired) electrons. The van der Waals surface area contributed by atoms with Crippen LogP contribution >= 0.6 is 0 Å². The van der Waals surface area contributed by atoms with Crippen LogP contribution in [0.5, 0.6) is 0 Å². The predicted molar refractivity (Wildman–Crippen MR) is 87.4 cm³/mol. The van der Waals surface area contributed by atoms with Crippen molar-refractivity contribution >= 4 is 17.3 Å². The summed E-state index contributed by atoms with van der Waals surface area (Å²) >= 11 is 0. The molecule has 4 heteroatoms. The lowest BCUT2D eigenvalue weighted by Crippen LogP contribution is -2.27. The summed E-state index contributed by atoms with van der Waals surface area (Å²) in [5, 5.41) is 0. The lowest BCUT2D eigenvalue weighted by atomic mass is 10.0. The first-order chi connectivity index (χ1) is 10.3. The minimum atomic E-state index is 0.962. The van der Waals surface area contributed by atoms with Gasteiger partial charge >= 0.3 is 0 Å². The van der Waals surface area contributed by atoms with Crippen molar-refractivity contribution in [1.82, 2.24) is 9.97 Å². The van der Waals surface area contributed by atoms with E-state index in [4.69, 9.17) is 0 Å². The Kier molecular flexibility index (Phi) is 4.04. The standard InChI is InChI=1S/C17H22N4/c1-3-20(4-2)16-12-17(19-13-18-16)21-11-7-9-14-8-5-6-10-15(14)21/h5-6,8,10,12-13H,3-4,7,9,11H2,1-2H3. The van der Waals surface area contributed by atoms with Gasteiger partial charge in [0.15, 0.2) is 0 Å². The van der Waals surface area contributed by atoms with E-state index in [2.05, 4.69) is 63.9 Å². The van der Waals surface area contributed by atoms with Crippen molar-refractivity contribution in [2.75, 3.05) is 29.4 Å². The number of fused-ring (bicyclic) bond motifs is 1. The molecule has 2 aromatic rings. The molecule has 0 bridgehead atoms. The molecule has 1 aromatic carbocycles. The summed E-state index contributed by atoms with van der Waals surface area (Å²) in [7, 11) is 0. The Morgan fingerprint density at radius 1 is 1.14 bits per heavy atom. The van der Waals surface area contributed by atoms with E-state index < -0.39 is 0 Å². The number of aromatic nitrogens is 2. The average Bonchev–Trinajstić information content (AvgIpc) is 2.56. The molecule has 1 aromatic heterocycles. The molecular weight excluding hydrogens is 260 g/mol. The molecule has 0 fully saturated rings. The van der Waals surface area contributed by atoms with Crippen LogP contribution in [0, 0.1) is 0 Å². The monoisotopic (exact) mass is 282 g/mol. The molecule has 0 unspecified atom stereocenters. The van der Waals surface area contributed by atoms with Crippen LogP contribution in [0.25, 0.3) is 0 Å². The van der Waals surface area contributed by atoms with E-state index in [1.165, 1.54) is 17.7 Å². The topological polar surface area (TPSA) is 32.3 Å². The van der Waals surface area contributed by atoms with Crippen LogP contribution in [0.4, 0.5) is 17.3 Å². The van der Waals surface area contributed by atoms with E-state index in [0.717, 1.165) is 37.7 Å². The molecule has 0 spiro atoms. The third-order valence-corrected chi connectivity index (χ3v) is 4.11. The van der Waals surface area contributed by atoms with Gasteiger partial charge < -0.3 is 9.80 Å². The quantitative estimate of drug-likeness (QED) is 0.860. The number of hydrogen-bond acceptors (Lipinski definition) is 4.